The highest BCUT2D eigenvalue weighted by Gasteiger charge is 2.48. The molecule has 0 aliphatic heterocycles. The van der Waals surface area contributed by atoms with E-state index in [1.807, 2.05) is 0 Å². The maximum atomic E-state index is 12.0. The van der Waals surface area contributed by atoms with E-state index in [-0.39, 0.29) is 13.2 Å². The number of aliphatic hydroxyl groups excluding tert-OH is 4. The fraction of sp³-hybridized carbons (Fsp3) is 1.00. The summed E-state index contributed by atoms with van der Waals surface area (Å²) in [5.41, 5.74) is -1.87. The summed E-state index contributed by atoms with van der Waals surface area (Å²) < 4.78 is 7.51. The van der Waals surface area contributed by atoms with E-state index in [0.29, 0.717) is 25.7 Å². The molecule has 0 rings (SSSR count). The summed E-state index contributed by atoms with van der Waals surface area (Å²) in [6, 6.07) is 0. The smallest absolute Gasteiger partial charge is 0.106 e. The predicted molar refractivity (Wildman–Crippen MR) is 296 cm³/mol. The van der Waals surface area contributed by atoms with E-state index in [2.05, 4.69) is 27.7 Å². The van der Waals surface area contributed by atoms with Crippen molar-refractivity contribution in [3.8, 4) is 0 Å². The van der Waals surface area contributed by atoms with E-state index in [1.165, 1.54) is 257 Å². The van der Waals surface area contributed by atoms with Crippen molar-refractivity contribution in [3.05, 3.63) is 0 Å². The lowest BCUT2D eigenvalue weighted by atomic mass is 9.79. The third-order valence-corrected chi connectivity index (χ3v) is 15.8. The van der Waals surface area contributed by atoms with Crippen LogP contribution >= 0.6 is 0 Å². The molecule has 0 spiro atoms. The van der Waals surface area contributed by atoms with Crippen LogP contribution in [-0.2, 0) is 4.74 Å². The Morgan fingerprint density at radius 3 is 0.507 bits per heavy atom. The van der Waals surface area contributed by atoms with Crippen LogP contribution in [0.2, 0.25) is 0 Å². The van der Waals surface area contributed by atoms with Crippen LogP contribution in [0.4, 0.5) is 0 Å². The molecule has 2 atom stereocenters. The lowest BCUT2D eigenvalue weighted by Gasteiger charge is -2.48. The summed E-state index contributed by atoms with van der Waals surface area (Å²) in [6.07, 6.45) is 62.0. The molecule has 404 valence electrons. The Morgan fingerprint density at radius 1 is 0.239 bits per heavy atom. The first-order valence-electron chi connectivity index (χ1n) is 31.2. The zero-order valence-corrected chi connectivity index (χ0v) is 46.5. The number of hydrogen-bond acceptors (Lipinski definition) is 5. The maximum absolute atomic E-state index is 12.0. The third kappa shape index (κ3) is 40.0. The molecule has 0 aromatic carbocycles. The second kappa shape index (κ2) is 52.1. The van der Waals surface area contributed by atoms with E-state index < -0.39 is 23.4 Å². The molecule has 67 heavy (non-hydrogen) atoms. The average molecular weight is 952 g/mol. The Bertz CT molecular complexity index is 797. The normalized spacial score (nSPS) is 13.3. The Morgan fingerprint density at radius 2 is 0.373 bits per heavy atom. The van der Waals surface area contributed by atoms with Crippen molar-refractivity contribution in [2.75, 3.05) is 13.2 Å². The van der Waals surface area contributed by atoms with Crippen molar-refractivity contribution in [2.24, 2.45) is 0 Å². The second-order valence-corrected chi connectivity index (χ2v) is 22.2. The van der Waals surface area contributed by atoms with Crippen molar-refractivity contribution in [3.63, 3.8) is 0 Å². The highest BCUT2D eigenvalue weighted by molar-refractivity contribution is 4.97. The van der Waals surface area contributed by atoms with E-state index >= 15 is 0 Å². The monoisotopic (exact) mass is 951 g/mol. The Balaban J connectivity index is 5.89. The molecule has 0 radical (unpaired) electrons. The van der Waals surface area contributed by atoms with E-state index in [4.69, 9.17) is 4.74 Å². The van der Waals surface area contributed by atoms with Gasteiger partial charge in [0.25, 0.3) is 0 Å². The molecule has 0 aromatic heterocycles. The first-order valence-corrected chi connectivity index (χ1v) is 31.2. The SMILES string of the molecule is CCCCCCCCCCCCCCC(CCCCCCCCCCCCCC)(OC(CCCCCCCCCCCCCC)(CCCCCCCCCCCCCC)C(O)CO)C(O)CO. The van der Waals surface area contributed by atoms with Gasteiger partial charge in [-0.25, -0.2) is 0 Å². The van der Waals surface area contributed by atoms with Crippen LogP contribution in [0.3, 0.4) is 0 Å². The summed E-state index contributed by atoms with van der Waals surface area (Å²) in [5.74, 6) is 0. The lowest BCUT2D eigenvalue weighted by molar-refractivity contribution is -0.253. The minimum Gasteiger partial charge on any atom is -0.394 e. The summed E-state index contributed by atoms with van der Waals surface area (Å²) in [6.45, 7) is 8.48. The highest BCUT2D eigenvalue weighted by atomic mass is 16.6. The Labute approximate surface area is 421 Å². The molecule has 5 nitrogen and oxygen atoms in total. The van der Waals surface area contributed by atoms with Crippen molar-refractivity contribution in [1.82, 2.24) is 0 Å². The molecule has 2 unspecified atom stereocenters. The van der Waals surface area contributed by atoms with Gasteiger partial charge in [-0.1, -0.05) is 336 Å². The first-order chi connectivity index (χ1) is 32.9. The maximum Gasteiger partial charge on any atom is 0.106 e. The topological polar surface area (TPSA) is 90.2 Å². The van der Waals surface area contributed by atoms with Crippen LogP contribution in [0.15, 0.2) is 0 Å². The van der Waals surface area contributed by atoms with Gasteiger partial charge >= 0.3 is 0 Å². The lowest BCUT2D eigenvalue weighted by Crippen LogP contribution is -2.58. The number of aliphatic hydroxyl groups is 4. The Hall–Kier alpha value is -0.200. The van der Waals surface area contributed by atoms with Gasteiger partial charge in [-0.05, 0) is 25.7 Å². The average Bonchev–Trinajstić information content (AvgIpc) is 3.34. The fourth-order valence-electron chi connectivity index (χ4n) is 11.1. The van der Waals surface area contributed by atoms with Crippen molar-refractivity contribution < 1.29 is 25.2 Å². The minimum atomic E-state index is -1.01. The van der Waals surface area contributed by atoms with Crippen molar-refractivity contribution >= 4 is 0 Å². The standard InChI is InChI=1S/C62H126O5/c1-5-9-13-17-21-25-29-33-37-41-45-49-53-61(59(65)57-63,54-50-46-42-38-34-30-26-22-18-14-10-6-2)67-62(60(66)58-64,55-51-47-43-39-35-31-27-23-19-15-11-7-3)56-52-48-44-40-36-32-28-24-20-16-12-8-4/h59-60,63-66H,5-58H2,1-4H3. The molecule has 0 aromatic rings. The molecule has 0 aliphatic carbocycles. The molecule has 0 saturated carbocycles. The summed E-state index contributed by atoms with van der Waals surface area (Å²) in [4.78, 5) is 0. The van der Waals surface area contributed by atoms with Crippen LogP contribution in [0.1, 0.15) is 362 Å². The summed E-state index contributed by atoms with van der Waals surface area (Å²) >= 11 is 0. The fourth-order valence-corrected chi connectivity index (χ4v) is 11.1. The molecular weight excluding hydrogens is 825 g/mol. The summed E-state index contributed by atoms with van der Waals surface area (Å²) in [7, 11) is 0. The molecule has 0 bridgehead atoms. The first kappa shape index (κ1) is 66.8. The zero-order chi connectivity index (χ0) is 49.0. The van der Waals surface area contributed by atoms with Gasteiger partial charge in [0.05, 0.1) is 24.4 Å². The van der Waals surface area contributed by atoms with Gasteiger partial charge in [0, 0.05) is 0 Å². The number of unbranched alkanes of at least 4 members (excludes halogenated alkanes) is 44. The highest BCUT2D eigenvalue weighted by Crippen LogP contribution is 2.41. The van der Waals surface area contributed by atoms with Gasteiger partial charge < -0.3 is 25.2 Å². The molecule has 4 N–H and O–H groups in total. The molecule has 0 saturated heterocycles. The molecule has 0 heterocycles. The van der Waals surface area contributed by atoms with Gasteiger partial charge in [-0.3, -0.25) is 0 Å². The van der Waals surface area contributed by atoms with Gasteiger partial charge in [0.1, 0.15) is 12.2 Å². The summed E-state index contributed by atoms with van der Waals surface area (Å²) in [5, 5.41) is 45.5. The molecule has 0 aliphatic rings. The van der Waals surface area contributed by atoms with Crippen LogP contribution in [0.25, 0.3) is 0 Å². The van der Waals surface area contributed by atoms with E-state index in [0.717, 1.165) is 51.4 Å². The van der Waals surface area contributed by atoms with Crippen LogP contribution in [0, 0.1) is 0 Å². The van der Waals surface area contributed by atoms with Gasteiger partial charge in [0.2, 0.25) is 0 Å². The number of hydrogen-bond donors (Lipinski definition) is 4. The number of ether oxygens (including phenoxy) is 1. The minimum absolute atomic E-state index is 0.334. The Kier molecular flexibility index (Phi) is 52.0. The molecule has 5 heteroatoms. The third-order valence-electron chi connectivity index (χ3n) is 15.8. The van der Waals surface area contributed by atoms with Crippen molar-refractivity contribution in [1.29, 1.82) is 0 Å². The zero-order valence-electron chi connectivity index (χ0n) is 46.5. The van der Waals surface area contributed by atoms with Gasteiger partial charge in [-0.15, -0.1) is 0 Å². The quantitative estimate of drug-likeness (QED) is 0.0456. The van der Waals surface area contributed by atoms with E-state index in [1.54, 1.807) is 0 Å². The van der Waals surface area contributed by atoms with Gasteiger partial charge in [0.15, 0.2) is 0 Å². The van der Waals surface area contributed by atoms with E-state index in [9.17, 15) is 20.4 Å². The van der Waals surface area contributed by atoms with Crippen molar-refractivity contribution in [2.45, 2.75) is 385 Å². The number of rotatable bonds is 58. The molecule has 0 amide bonds. The largest absolute Gasteiger partial charge is 0.394 e. The van der Waals surface area contributed by atoms with Crippen LogP contribution < -0.4 is 0 Å². The molecular formula is C62H126O5. The van der Waals surface area contributed by atoms with Crippen LogP contribution in [0.5, 0.6) is 0 Å². The molecule has 0 fully saturated rings. The van der Waals surface area contributed by atoms with Crippen LogP contribution in [-0.4, -0.2) is 57.0 Å². The second-order valence-electron chi connectivity index (χ2n) is 22.2. The van der Waals surface area contributed by atoms with Gasteiger partial charge in [-0.2, -0.15) is 0 Å². The predicted octanol–water partition coefficient (Wildman–Crippen LogP) is 19.6.